The third-order valence-corrected chi connectivity index (χ3v) is 4.66. The summed E-state index contributed by atoms with van der Waals surface area (Å²) >= 11 is 0. The molecule has 11 nitrogen and oxygen atoms in total. The summed E-state index contributed by atoms with van der Waals surface area (Å²) in [5.41, 5.74) is 1.70. The molecule has 0 atom stereocenters. The molecule has 0 unspecified atom stereocenters. The average molecular weight is 486 g/mol. The maximum absolute atomic E-state index is 12.8. The summed E-state index contributed by atoms with van der Waals surface area (Å²) in [6, 6.07) is 3.40. The van der Waals surface area contributed by atoms with E-state index in [9.17, 15) is 18.0 Å². The van der Waals surface area contributed by atoms with E-state index >= 15 is 0 Å². The van der Waals surface area contributed by atoms with Crippen molar-refractivity contribution in [3.8, 4) is 17.0 Å². The van der Waals surface area contributed by atoms with Crippen molar-refractivity contribution < 1.29 is 31.9 Å². The maximum atomic E-state index is 12.8. The van der Waals surface area contributed by atoms with Crippen LogP contribution < -0.4 is 14.7 Å². The molecule has 0 aromatic carbocycles. The first kappa shape index (κ1) is 23.5. The molecule has 0 saturated heterocycles. The van der Waals surface area contributed by atoms with Crippen molar-refractivity contribution in [2.75, 3.05) is 12.4 Å². The molecule has 0 spiro atoms. The number of amides is 2. The molecule has 0 aliphatic heterocycles. The summed E-state index contributed by atoms with van der Waals surface area (Å²) in [4.78, 5) is 28.2. The van der Waals surface area contributed by atoms with Gasteiger partial charge < -0.3 is 19.9 Å². The Balaban J connectivity index is 1.39. The number of carbonyl (C=O) groups is 1. The molecular formula is C21H17F3N8O3. The van der Waals surface area contributed by atoms with Gasteiger partial charge in [0.2, 0.25) is 24.5 Å². The van der Waals surface area contributed by atoms with Gasteiger partial charge in [-0.05, 0) is 29.4 Å². The van der Waals surface area contributed by atoms with E-state index in [4.69, 9.17) is 9.26 Å². The fraction of sp³-hybridized carbons (Fsp3) is 0.190. The first-order chi connectivity index (χ1) is 16.7. The lowest BCUT2D eigenvalue weighted by molar-refractivity contribution is -0.755. The zero-order chi connectivity index (χ0) is 25.0. The first-order valence-electron chi connectivity index (χ1n) is 9.95. The van der Waals surface area contributed by atoms with Gasteiger partial charge in [0.25, 0.3) is 0 Å². The summed E-state index contributed by atoms with van der Waals surface area (Å²) in [7, 11) is 1.52. The third kappa shape index (κ3) is 5.66. The van der Waals surface area contributed by atoms with Gasteiger partial charge in [0.15, 0.2) is 11.3 Å². The molecule has 180 valence electrons. The van der Waals surface area contributed by atoms with Gasteiger partial charge in [-0.3, -0.25) is 14.8 Å². The van der Waals surface area contributed by atoms with Gasteiger partial charge in [0.1, 0.15) is 12.0 Å². The lowest BCUT2D eigenvalue weighted by Crippen LogP contribution is -2.35. The van der Waals surface area contributed by atoms with E-state index in [2.05, 4.69) is 35.8 Å². The summed E-state index contributed by atoms with van der Waals surface area (Å²) in [5.74, 6) is 0.282. The Morgan fingerprint density at radius 2 is 2.03 bits per heavy atom. The van der Waals surface area contributed by atoms with Crippen LogP contribution in [-0.4, -0.2) is 38.3 Å². The summed E-state index contributed by atoms with van der Waals surface area (Å²) in [6.45, 7) is 2.04. The van der Waals surface area contributed by atoms with Gasteiger partial charge in [-0.2, -0.15) is 13.2 Å². The van der Waals surface area contributed by atoms with E-state index in [1.807, 2.05) is 13.0 Å². The van der Waals surface area contributed by atoms with E-state index in [-0.39, 0.29) is 18.1 Å². The molecule has 4 rings (SSSR count). The molecule has 1 N–H and O–H groups in total. The minimum absolute atomic E-state index is 0.152. The molecule has 4 aromatic heterocycles. The van der Waals surface area contributed by atoms with Crippen LogP contribution in [0.25, 0.3) is 16.4 Å². The van der Waals surface area contributed by atoms with Crippen LogP contribution in [0, 0.1) is 6.92 Å². The molecule has 0 aliphatic carbocycles. The van der Waals surface area contributed by atoms with Crippen LogP contribution in [0.15, 0.2) is 53.8 Å². The number of ether oxygens (including phenoxy) is 1. The number of pyridine rings is 2. The molecule has 0 radical (unpaired) electrons. The topological polar surface area (TPSA) is 134 Å². The van der Waals surface area contributed by atoms with Crippen LogP contribution in [0.3, 0.4) is 0 Å². The lowest BCUT2D eigenvalue weighted by Gasteiger charge is -2.14. The number of urea groups is 1. The van der Waals surface area contributed by atoms with Crippen LogP contribution in [0.4, 0.5) is 29.5 Å². The van der Waals surface area contributed by atoms with E-state index < -0.39 is 17.8 Å². The molecule has 35 heavy (non-hydrogen) atoms. The minimum Gasteiger partial charge on any atom is -0.480 e. The number of hydrogen-bond donors (Lipinski definition) is 1. The number of anilines is 1. The maximum Gasteiger partial charge on any atom is 0.417 e. The van der Waals surface area contributed by atoms with Gasteiger partial charge in [-0.1, -0.05) is 6.07 Å². The number of aryl methyl sites for hydroxylation is 1. The number of halogens is 3. The molecule has 0 fully saturated rings. The predicted octanol–water partition coefficient (Wildman–Crippen LogP) is 3.83. The Hall–Kier alpha value is -4.62. The minimum atomic E-state index is -4.59. The van der Waals surface area contributed by atoms with Crippen molar-refractivity contribution in [3.05, 3.63) is 71.6 Å². The number of hydrogen-bond acceptors (Lipinski definition) is 8. The van der Waals surface area contributed by atoms with E-state index in [0.29, 0.717) is 17.8 Å². The average Bonchev–Trinajstić information content (AvgIpc) is 3.25. The standard InChI is InChI=1S/C21H17F3N8O3/c1-12-18(19(34-2)28-11-27-12)13-3-4-15(26-6-13)9-32-10-17(35-31-32)30-20(33)29-16-5-14(7-25-8-16)21(22,23)24/h3-8,10-11H,9H2,1-2H3,(H-,29,30,31,33). The number of aromatic nitrogens is 6. The second kappa shape index (κ2) is 9.70. The Morgan fingerprint density at radius 1 is 1.20 bits per heavy atom. The highest BCUT2D eigenvalue weighted by molar-refractivity contribution is 6.03. The van der Waals surface area contributed by atoms with Crippen molar-refractivity contribution in [2.24, 2.45) is 0 Å². The summed E-state index contributed by atoms with van der Waals surface area (Å²) in [6.07, 6.45) is 1.53. The molecule has 14 heteroatoms. The highest BCUT2D eigenvalue weighted by Crippen LogP contribution is 2.31. The molecule has 0 aliphatic rings. The largest absolute Gasteiger partial charge is 0.480 e. The Morgan fingerprint density at radius 3 is 2.74 bits per heavy atom. The summed E-state index contributed by atoms with van der Waals surface area (Å²) < 4.78 is 50.0. The van der Waals surface area contributed by atoms with Crippen molar-refractivity contribution >= 4 is 17.6 Å². The fourth-order valence-electron chi connectivity index (χ4n) is 3.08. The third-order valence-electron chi connectivity index (χ3n) is 4.66. The second-order valence-electron chi connectivity index (χ2n) is 7.12. The Bertz CT molecular complexity index is 1340. The highest BCUT2D eigenvalue weighted by atomic mass is 19.4. The number of methoxy groups -OCH3 is 1. The number of alkyl halides is 3. The zero-order valence-corrected chi connectivity index (χ0v) is 18.3. The lowest BCUT2D eigenvalue weighted by atomic mass is 10.1. The van der Waals surface area contributed by atoms with Crippen LogP contribution in [0.2, 0.25) is 0 Å². The predicted molar refractivity (Wildman–Crippen MR) is 114 cm³/mol. The monoisotopic (exact) mass is 486 g/mol. The van der Waals surface area contributed by atoms with Gasteiger partial charge in [-0.25, -0.2) is 9.97 Å². The van der Waals surface area contributed by atoms with Crippen LogP contribution in [-0.2, 0) is 12.7 Å². The quantitative estimate of drug-likeness (QED) is 0.407. The SMILES string of the molecule is COc1ncnc(C)c1-c1ccc(C[n+]2cc([N-]C(=O)Nc3cncc(C(F)(F)F)c3)on2)nc1. The van der Waals surface area contributed by atoms with E-state index in [0.717, 1.165) is 29.1 Å². The van der Waals surface area contributed by atoms with Crippen molar-refractivity contribution in [1.82, 2.24) is 25.2 Å². The van der Waals surface area contributed by atoms with Gasteiger partial charge in [-0.15, -0.1) is 0 Å². The molecule has 2 amide bonds. The number of carbonyl (C=O) groups excluding carboxylic acids is 1. The van der Waals surface area contributed by atoms with Crippen molar-refractivity contribution in [1.29, 1.82) is 0 Å². The Labute approximate surface area is 196 Å². The van der Waals surface area contributed by atoms with Crippen molar-refractivity contribution in [3.63, 3.8) is 0 Å². The number of nitrogens with zero attached hydrogens (tertiary/aromatic N) is 7. The summed E-state index contributed by atoms with van der Waals surface area (Å²) in [5, 5.41) is 9.60. The Kier molecular flexibility index (Phi) is 6.53. The van der Waals surface area contributed by atoms with Gasteiger partial charge in [0, 0.05) is 24.2 Å². The van der Waals surface area contributed by atoms with Crippen LogP contribution in [0.5, 0.6) is 5.88 Å². The number of nitrogens with one attached hydrogen (secondary N) is 1. The molecule has 0 bridgehead atoms. The molecule has 0 saturated carbocycles. The fourth-order valence-corrected chi connectivity index (χ4v) is 3.08. The van der Waals surface area contributed by atoms with Crippen LogP contribution >= 0.6 is 0 Å². The normalized spacial score (nSPS) is 11.2. The number of rotatable bonds is 6. The van der Waals surface area contributed by atoms with E-state index in [1.54, 1.807) is 12.3 Å². The smallest absolute Gasteiger partial charge is 0.417 e. The highest BCUT2D eigenvalue weighted by Gasteiger charge is 2.30. The van der Waals surface area contributed by atoms with Gasteiger partial charge >= 0.3 is 6.18 Å². The van der Waals surface area contributed by atoms with Crippen LogP contribution in [0.1, 0.15) is 17.0 Å². The first-order valence-corrected chi connectivity index (χ1v) is 9.95. The zero-order valence-electron chi connectivity index (χ0n) is 18.3. The molecular weight excluding hydrogens is 469 g/mol. The molecule has 4 heterocycles. The second-order valence-corrected chi connectivity index (χ2v) is 7.12. The van der Waals surface area contributed by atoms with Gasteiger partial charge in [0.05, 0.1) is 23.9 Å². The van der Waals surface area contributed by atoms with E-state index in [1.165, 1.54) is 24.3 Å². The molecule has 4 aromatic rings. The van der Waals surface area contributed by atoms with Crippen molar-refractivity contribution in [2.45, 2.75) is 19.6 Å².